The molecule has 0 saturated heterocycles. The van der Waals surface area contributed by atoms with Crippen LogP contribution in [-0.2, 0) is 0 Å². The molecule has 0 N–H and O–H groups in total. The molecule has 2 aromatic heterocycles. The zero-order valence-corrected chi connectivity index (χ0v) is 25.9. The van der Waals surface area contributed by atoms with Gasteiger partial charge < -0.3 is 0 Å². The van der Waals surface area contributed by atoms with E-state index in [0.29, 0.717) is 11.6 Å². The van der Waals surface area contributed by atoms with Crippen molar-refractivity contribution in [1.29, 1.82) is 0 Å². The molecule has 0 radical (unpaired) electrons. The van der Waals surface area contributed by atoms with Gasteiger partial charge >= 0.3 is 267 Å². The average Bonchev–Trinajstić information content (AvgIpc) is 3.51. The van der Waals surface area contributed by atoms with E-state index in [1.165, 1.54) is 52.0 Å². The first-order valence-electron chi connectivity index (χ1n) is 15.0. The summed E-state index contributed by atoms with van der Waals surface area (Å²) < 4.78 is 2.76. The molecule has 4 heteroatoms. The fraction of sp³-hybridized carbons (Fsp3) is 0. The van der Waals surface area contributed by atoms with Crippen LogP contribution in [0.25, 0.3) is 86.1 Å². The summed E-state index contributed by atoms with van der Waals surface area (Å²) in [5.41, 5.74) is 5.52. The topological polar surface area (TPSA) is 38.7 Å². The molecule has 0 bridgehead atoms. The van der Waals surface area contributed by atoms with Crippen LogP contribution in [0.2, 0.25) is 0 Å². The second-order valence-electron chi connectivity index (χ2n) is 11.2. The first kappa shape index (κ1) is 26.0. The minimum atomic E-state index is 0.0691. The van der Waals surface area contributed by atoms with Crippen molar-refractivity contribution in [3.8, 4) is 45.3 Å². The molecule has 210 valence electrons. The standard InChI is InChI=1S/C41H25N3Se/c1-4-11-26(12-5-1)30-22-23-32-31(25-30)20-19-27-21-24-34-33-17-10-18-35(37(33)45-38(34)36(27)32)41-43-39(28-13-6-2-7-14-28)42-40(44-41)29-15-8-3-9-16-29/h1-25H. The van der Waals surface area contributed by atoms with Gasteiger partial charge in [0, 0.05) is 0 Å². The van der Waals surface area contributed by atoms with Gasteiger partial charge in [0.25, 0.3) is 0 Å². The van der Waals surface area contributed by atoms with Gasteiger partial charge in [-0.05, 0) is 0 Å². The number of nitrogens with zero attached hydrogens (tertiary/aromatic N) is 3. The predicted molar refractivity (Wildman–Crippen MR) is 189 cm³/mol. The molecule has 7 aromatic carbocycles. The van der Waals surface area contributed by atoms with Crippen LogP contribution in [0.1, 0.15) is 0 Å². The number of benzene rings is 7. The van der Waals surface area contributed by atoms with E-state index in [1.807, 2.05) is 36.4 Å². The van der Waals surface area contributed by atoms with Gasteiger partial charge in [-0.3, -0.25) is 0 Å². The Bertz CT molecular complexity index is 2460. The van der Waals surface area contributed by atoms with Crippen molar-refractivity contribution in [2.75, 3.05) is 0 Å². The molecule has 2 heterocycles. The van der Waals surface area contributed by atoms with E-state index < -0.39 is 0 Å². The number of hydrogen-bond acceptors (Lipinski definition) is 3. The molecule has 0 aliphatic heterocycles. The van der Waals surface area contributed by atoms with Crippen LogP contribution < -0.4 is 0 Å². The quantitative estimate of drug-likeness (QED) is 0.142. The summed E-state index contributed by atoms with van der Waals surface area (Å²) in [7, 11) is 0. The Morgan fingerprint density at radius 1 is 0.356 bits per heavy atom. The van der Waals surface area contributed by atoms with Crippen LogP contribution in [0, 0.1) is 0 Å². The second-order valence-corrected chi connectivity index (χ2v) is 13.4. The van der Waals surface area contributed by atoms with Crippen LogP contribution in [0.4, 0.5) is 0 Å². The summed E-state index contributed by atoms with van der Waals surface area (Å²) in [6.07, 6.45) is 0. The molecule has 0 unspecified atom stereocenters. The Morgan fingerprint density at radius 2 is 0.911 bits per heavy atom. The van der Waals surface area contributed by atoms with E-state index in [4.69, 9.17) is 15.0 Å². The Hall–Kier alpha value is -5.41. The van der Waals surface area contributed by atoms with E-state index in [-0.39, 0.29) is 14.5 Å². The van der Waals surface area contributed by atoms with E-state index in [2.05, 4.69) is 115 Å². The van der Waals surface area contributed by atoms with Crippen molar-refractivity contribution in [1.82, 2.24) is 15.0 Å². The van der Waals surface area contributed by atoms with Crippen LogP contribution >= 0.6 is 0 Å². The fourth-order valence-electron chi connectivity index (χ4n) is 6.32. The van der Waals surface area contributed by atoms with Crippen molar-refractivity contribution in [2.45, 2.75) is 0 Å². The number of aromatic nitrogens is 3. The van der Waals surface area contributed by atoms with Crippen molar-refractivity contribution in [3.05, 3.63) is 152 Å². The summed E-state index contributed by atoms with van der Waals surface area (Å²) >= 11 is 0.0691. The van der Waals surface area contributed by atoms with Gasteiger partial charge in [-0.25, -0.2) is 0 Å². The first-order chi connectivity index (χ1) is 22.3. The SMILES string of the molecule is c1ccc(-c2ccc3c(ccc4ccc5c6cccc(-c7nc(-c8ccccc8)nc(-c8ccccc8)n7)c6[se]c5c43)c2)cc1. The summed E-state index contributed by atoms with van der Waals surface area (Å²) in [6, 6.07) is 53.6. The van der Waals surface area contributed by atoms with Crippen molar-refractivity contribution in [2.24, 2.45) is 0 Å². The van der Waals surface area contributed by atoms with E-state index in [9.17, 15) is 0 Å². The predicted octanol–water partition coefficient (Wildman–Crippen LogP) is 10.2. The fourth-order valence-corrected chi connectivity index (χ4v) is 9.21. The Balaban J connectivity index is 1.29. The number of fused-ring (bicyclic) bond motifs is 7. The van der Waals surface area contributed by atoms with E-state index in [0.717, 1.165) is 22.5 Å². The third kappa shape index (κ3) is 4.46. The van der Waals surface area contributed by atoms with Crippen LogP contribution in [0.5, 0.6) is 0 Å². The van der Waals surface area contributed by atoms with Crippen molar-refractivity contribution < 1.29 is 0 Å². The van der Waals surface area contributed by atoms with Crippen molar-refractivity contribution in [3.63, 3.8) is 0 Å². The Kier molecular flexibility index (Phi) is 6.15. The molecule has 45 heavy (non-hydrogen) atoms. The molecule has 0 aliphatic rings. The maximum absolute atomic E-state index is 5.08. The molecular formula is C41H25N3Se. The van der Waals surface area contributed by atoms with E-state index in [1.54, 1.807) is 0 Å². The molecular weight excluding hydrogens is 613 g/mol. The molecule has 0 spiro atoms. The van der Waals surface area contributed by atoms with Gasteiger partial charge in [-0.15, -0.1) is 0 Å². The Labute approximate surface area is 266 Å². The molecule has 3 nitrogen and oxygen atoms in total. The summed E-state index contributed by atoms with van der Waals surface area (Å²) in [5.74, 6) is 2.09. The monoisotopic (exact) mass is 639 g/mol. The summed E-state index contributed by atoms with van der Waals surface area (Å²) in [5, 5.41) is 7.81. The van der Waals surface area contributed by atoms with Gasteiger partial charge in [-0.1, -0.05) is 0 Å². The maximum atomic E-state index is 5.08. The third-order valence-electron chi connectivity index (χ3n) is 8.51. The second kappa shape index (κ2) is 10.6. The van der Waals surface area contributed by atoms with E-state index >= 15 is 0 Å². The Morgan fingerprint density at radius 3 is 1.60 bits per heavy atom. The average molecular weight is 639 g/mol. The molecule has 9 rings (SSSR count). The molecule has 0 atom stereocenters. The zero-order valence-electron chi connectivity index (χ0n) is 24.2. The molecule has 0 aliphatic carbocycles. The molecule has 0 fully saturated rings. The van der Waals surface area contributed by atoms with Crippen molar-refractivity contribution >= 4 is 55.3 Å². The normalized spacial score (nSPS) is 11.6. The van der Waals surface area contributed by atoms with Gasteiger partial charge in [-0.2, -0.15) is 0 Å². The molecule has 0 saturated carbocycles. The van der Waals surface area contributed by atoms with Gasteiger partial charge in [0.1, 0.15) is 0 Å². The molecule has 9 aromatic rings. The van der Waals surface area contributed by atoms with Crippen LogP contribution in [0.15, 0.2) is 152 Å². The zero-order chi connectivity index (χ0) is 29.7. The van der Waals surface area contributed by atoms with Crippen LogP contribution in [-0.4, -0.2) is 29.5 Å². The van der Waals surface area contributed by atoms with Gasteiger partial charge in [0.2, 0.25) is 0 Å². The first-order valence-corrected chi connectivity index (χ1v) is 16.7. The minimum absolute atomic E-state index is 0.0691. The summed E-state index contributed by atoms with van der Waals surface area (Å²) in [6.45, 7) is 0. The molecule has 0 amide bonds. The third-order valence-corrected chi connectivity index (χ3v) is 11.2. The van der Waals surface area contributed by atoms with Gasteiger partial charge in [0.15, 0.2) is 0 Å². The summed E-state index contributed by atoms with van der Waals surface area (Å²) in [4.78, 5) is 15.1. The van der Waals surface area contributed by atoms with Crippen LogP contribution in [0.3, 0.4) is 0 Å². The number of rotatable bonds is 4. The van der Waals surface area contributed by atoms with Gasteiger partial charge in [0.05, 0.1) is 0 Å². The number of hydrogen-bond donors (Lipinski definition) is 0.